The zero-order valence-corrected chi connectivity index (χ0v) is 19.6. The number of benzene rings is 1. The molecule has 0 radical (unpaired) electrons. The topological polar surface area (TPSA) is 116 Å². The first kappa shape index (κ1) is 23.1. The number of ether oxygens (including phenoxy) is 1. The number of carbonyl (C=O) groups is 2. The highest BCUT2D eigenvalue weighted by atomic mass is 16.5. The summed E-state index contributed by atoms with van der Waals surface area (Å²) < 4.78 is 8.70. The number of amides is 1. The molecule has 0 spiro atoms. The van der Waals surface area contributed by atoms with E-state index in [1.54, 1.807) is 0 Å². The lowest BCUT2D eigenvalue weighted by Gasteiger charge is -2.13. The van der Waals surface area contributed by atoms with Crippen LogP contribution >= 0.6 is 0 Å². The summed E-state index contributed by atoms with van der Waals surface area (Å²) >= 11 is 0. The molecule has 0 aliphatic carbocycles. The van der Waals surface area contributed by atoms with Crippen molar-refractivity contribution in [2.24, 2.45) is 0 Å². The van der Waals surface area contributed by atoms with E-state index in [4.69, 9.17) is 4.74 Å². The first-order valence-corrected chi connectivity index (χ1v) is 11.0. The largest absolute Gasteiger partial charge is 0.452 e. The van der Waals surface area contributed by atoms with Gasteiger partial charge in [0.15, 0.2) is 6.61 Å². The van der Waals surface area contributed by atoms with Gasteiger partial charge >= 0.3 is 5.97 Å². The maximum Gasteiger partial charge on any atom is 0.342 e. The van der Waals surface area contributed by atoms with Crippen LogP contribution in [0.5, 0.6) is 0 Å². The van der Waals surface area contributed by atoms with E-state index in [-0.39, 0.29) is 11.5 Å². The third-order valence-electron chi connectivity index (χ3n) is 5.61. The van der Waals surface area contributed by atoms with Crippen LogP contribution in [0.3, 0.4) is 0 Å². The number of fused-ring (bicyclic) bond motifs is 1. The van der Waals surface area contributed by atoms with Crippen LogP contribution in [0, 0.1) is 13.8 Å². The number of esters is 1. The molecule has 3 heterocycles. The second-order valence-corrected chi connectivity index (χ2v) is 8.33. The Kier molecular flexibility index (Phi) is 6.67. The number of carbonyl (C=O) groups excluding carboxylic acids is 2. The van der Waals surface area contributed by atoms with Gasteiger partial charge in [0.05, 0.1) is 23.5 Å². The highest BCUT2D eigenvalue weighted by Gasteiger charge is 2.21. The van der Waals surface area contributed by atoms with E-state index < -0.39 is 18.5 Å². The van der Waals surface area contributed by atoms with Crippen molar-refractivity contribution in [2.45, 2.75) is 46.7 Å². The van der Waals surface area contributed by atoms with E-state index in [0.717, 1.165) is 22.5 Å². The molecule has 1 N–H and O–H groups in total. The Morgan fingerprint density at radius 1 is 1.12 bits per heavy atom. The van der Waals surface area contributed by atoms with Gasteiger partial charge in [0.1, 0.15) is 6.33 Å². The first-order valence-electron chi connectivity index (χ1n) is 11.0. The van der Waals surface area contributed by atoms with E-state index in [2.05, 4.69) is 25.5 Å². The summed E-state index contributed by atoms with van der Waals surface area (Å²) in [5.41, 5.74) is 4.81. The Balaban J connectivity index is 1.37. The molecule has 0 aliphatic heterocycles. The third-order valence-corrected chi connectivity index (χ3v) is 5.61. The Bertz CT molecular complexity index is 1330. The van der Waals surface area contributed by atoms with Crippen LogP contribution in [0.15, 0.2) is 42.9 Å². The smallest absolute Gasteiger partial charge is 0.342 e. The monoisotopic (exact) mass is 461 g/mol. The van der Waals surface area contributed by atoms with Crippen molar-refractivity contribution in [3.8, 4) is 0 Å². The molecule has 0 saturated carbocycles. The average molecular weight is 462 g/mol. The van der Waals surface area contributed by atoms with Crippen molar-refractivity contribution >= 4 is 17.7 Å². The summed E-state index contributed by atoms with van der Waals surface area (Å²) in [5.74, 6) is -0.658. The minimum absolute atomic E-state index is 0.0260. The zero-order valence-electron chi connectivity index (χ0n) is 19.6. The van der Waals surface area contributed by atoms with E-state index in [0.29, 0.717) is 24.6 Å². The molecule has 4 aromatic rings. The second kappa shape index (κ2) is 9.82. The second-order valence-electron chi connectivity index (χ2n) is 8.33. The molecule has 0 aliphatic rings. The average Bonchev–Trinajstić information content (AvgIpc) is 3.40. The lowest BCUT2D eigenvalue weighted by Crippen LogP contribution is -2.29. The molecule has 3 aromatic heterocycles. The molecule has 10 nitrogen and oxygen atoms in total. The summed E-state index contributed by atoms with van der Waals surface area (Å²) in [6, 6.07) is 10.1. The molecule has 34 heavy (non-hydrogen) atoms. The van der Waals surface area contributed by atoms with Crippen molar-refractivity contribution < 1.29 is 14.3 Å². The van der Waals surface area contributed by atoms with Gasteiger partial charge in [-0.3, -0.25) is 9.48 Å². The van der Waals surface area contributed by atoms with E-state index in [1.165, 1.54) is 17.0 Å². The van der Waals surface area contributed by atoms with E-state index in [9.17, 15) is 9.59 Å². The van der Waals surface area contributed by atoms with Crippen LogP contribution in [0.4, 0.5) is 0 Å². The fourth-order valence-electron chi connectivity index (χ4n) is 3.86. The fourth-order valence-corrected chi connectivity index (χ4v) is 3.86. The minimum Gasteiger partial charge on any atom is -0.452 e. The Hall–Kier alpha value is -4.08. The predicted octanol–water partition coefficient (Wildman–Crippen LogP) is 2.58. The molecular weight excluding hydrogens is 434 g/mol. The zero-order chi connectivity index (χ0) is 24.2. The third kappa shape index (κ3) is 4.80. The Morgan fingerprint density at radius 2 is 1.88 bits per heavy atom. The summed E-state index contributed by atoms with van der Waals surface area (Å²) in [5, 5.41) is 11.6. The predicted molar refractivity (Wildman–Crippen MR) is 124 cm³/mol. The van der Waals surface area contributed by atoms with Gasteiger partial charge in [0.2, 0.25) is 0 Å². The van der Waals surface area contributed by atoms with Gasteiger partial charge in [-0.05, 0) is 25.3 Å². The molecule has 0 unspecified atom stereocenters. The summed E-state index contributed by atoms with van der Waals surface area (Å²) in [6.07, 6.45) is 2.79. The maximum absolute atomic E-state index is 12.7. The quantitative estimate of drug-likeness (QED) is 0.401. The van der Waals surface area contributed by atoms with E-state index >= 15 is 0 Å². The van der Waals surface area contributed by atoms with Gasteiger partial charge in [-0.1, -0.05) is 44.2 Å². The number of nitrogens with zero attached hydrogens (tertiary/aromatic N) is 6. The lowest BCUT2D eigenvalue weighted by atomic mass is 10.1. The normalized spacial score (nSPS) is 11.2. The van der Waals surface area contributed by atoms with Crippen molar-refractivity contribution in [2.75, 3.05) is 6.61 Å². The summed E-state index contributed by atoms with van der Waals surface area (Å²) in [4.78, 5) is 33.3. The summed E-state index contributed by atoms with van der Waals surface area (Å²) in [6.45, 7) is 8.31. The maximum atomic E-state index is 12.7. The van der Waals surface area contributed by atoms with Gasteiger partial charge in [-0.25, -0.2) is 14.3 Å². The van der Waals surface area contributed by atoms with Crippen LogP contribution in [0.1, 0.15) is 58.3 Å². The molecule has 1 aromatic carbocycles. The highest BCUT2D eigenvalue weighted by molar-refractivity contribution is 5.92. The van der Waals surface area contributed by atoms with Crippen LogP contribution in [-0.2, 0) is 22.6 Å². The van der Waals surface area contributed by atoms with Crippen molar-refractivity contribution in [3.05, 3.63) is 76.6 Å². The summed E-state index contributed by atoms with van der Waals surface area (Å²) in [7, 11) is 0. The van der Waals surface area contributed by atoms with Crippen molar-refractivity contribution in [1.82, 2.24) is 34.7 Å². The van der Waals surface area contributed by atoms with Gasteiger partial charge in [0.25, 0.3) is 11.7 Å². The van der Waals surface area contributed by atoms with Gasteiger partial charge in [-0.2, -0.15) is 15.2 Å². The molecule has 4 rings (SSSR count). The minimum atomic E-state index is -0.633. The fraction of sp³-hybridized carbons (Fsp3) is 0.333. The van der Waals surface area contributed by atoms with Crippen molar-refractivity contribution in [3.63, 3.8) is 0 Å². The standard InChI is InChI=1S/C24H27N7O3/c1-15(2)22-20(11-26-24-27-14-28-31(22)24)23(33)34-13-21(32)25-10-19-16(3)29-30(17(19)4)12-18-8-6-5-7-9-18/h5-9,11,14-15H,10,12-13H2,1-4H3,(H,25,32). The van der Waals surface area contributed by atoms with Crippen LogP contribution in [0.25, 0.3) is 5.78 Å². The van der Waals surface area contributed by atoms with Crippen LogP contribution in [-0.4, -0.2) is 47.8 Å². The number of hydrogen-bond donors (Lipinski definition) is 1. The first-order chi connectivity index (χ1) is 16.3. The SMILES string of the molecule is Cc1nn(Cc2ccccc2)c(C)c1CNC(=O)COC(=O)c1cnc2ncnn2c1C(C)C. The Morgan fingerprint density at radius 3 is 2.62 bits per heavy atom. The molecular formula is C24H27N7O3. The van der Waals surface area contributed by atoms with Gasteiger partial charge in [0, 0.05) is 24.0 Å². The van der Waals surface area contributed by atoms with Crippen LogP contribution < -0.4 is 5.32 Å². The van der Waals surface area contributed by atoms with Gasteiger partial charge < -0.3 is 10.1 Å². The van der Waals surface area contributed by atoms with Crippen molar-refractivity contribution in [1.29, 1.82) is 0 Å². The number of hydrogen-bond acceptors (Lipinski definition) is 7. The highest BCUT2D eigenvalue weighted by Crippen LogP contribution is 2.20. The molecule has 0 fully saturated rings. The molecule has 10 heteroatoms. The lowest BCUT2D eigenvalue weighted by molar-refractivity contribution is -0.124. The number of aryl methyl sites for hydroxylation is 1. The van der Waals surface area contributed by atoms with E-state index in [1.807, 2.05) is 62.7 Å². The molecule has 0 bridgehead atoms. The molecule has 176 valence electrons. The van der Waals surface area contributed by atoms with Crippen LogP contribution in [0.2, 0.25) is 0 Å². The van der Waals surface area contributed by atoms with Gasteiger partial charge in [-0.15, -0.1) is 0 Å². The number of rotatable bonds is 8. The Labute approximate surface area is 197 Å². The number of nitrogens with one attached hydrogen (secondary N) is 1. The molecule has 1 amide bonds. The number of aromatic nitrogens is 6. The molecule has 0 atom stereocenters. The molecule has 0 saturated heterocycles.